The predicted octanol–water partition coefficient (Wildman–Crippen LogP) is 3.20. The maximum atomic E-state index is 13.1. The Morgan fingerprint density at radius 1 is 1.19 bits per heavy atom. The summed E-state index contributed by atoms with van der Waals surface area (Å²) in [7, 11) is 0. The molecule has 1 aromatic rings. The van der Waals surface area contributed by atoms with Gasteiger partial charge in [0.05, 0.1) is 0 Å². The van der Waals surface area contributed by atoms with Crippen molar-refractivity contribution in [2.45, 2.75) is 38.1 Å². The maximum Gasteiger partial charge on any atom is 0.159 e. The molecule has 0 heterocycles. The van der Waals surface area contributed by atoms with Gasteiger partial charge in [-0.3, -0.25) is 0 Å². The zero-order chi connectivity index (χ0) is 11.7. The van der Waals surface area contributed by atoms with Gasteiger partial charge >= 0.3 is 0 Å². The highest BCUT2D eigenvalue weighted by molar-refractivity contribution is 5.24. The van der Waals surface area contributed by atoms with Crippen molar-refractivity contribution in [1.29, 1.82) is 0 Å². The molecule has 1 fully saturated rings. The van der Waals surface area contributed by atoms with Gasteiger partial charge < -0.3 is 5.73 Å². The van der Waals surface area contributed by atoms with E-state index in [0.29, 0.717) is 5.92 Å². The number of hydrogen-bond acceptors (Lipinski definition) is 1. The van der Waals surface area contributed by atoms with Crippen LogP contribution in [-0.4, -0.2) is 6.04 Å². The highest BCUT2D eigenvalue weighted by Crippen LogP contribution is 2.35. The lowest BCUT2D eigenvalue weighted by molar-refractivity contribution is 0.305. The predicted molar refractivity (Wildman–Crippen MR) is 60.1 cm³/mol. The van der Waals surface area contributed by atoms with Gasteiger partial charge in [-0.1, -0.05) is 13.0 Å². The number of nitrogens with two attached hydrogens (primary N) is 1. The second-order valence-corrected chi connectivity index (χ2v) is 4.86. The molecule has 1 nitrogen and oxygen atoms in total. The summed E-state index contributed by atoms with van der Waals surface area (Å²) in [4.78, 5) is 0. The van der Waals surface area contributed by atoms with Gasteiger partial charge in [-0.2, -0.15) is 0 Å². The summed E-state index contributed by atoms with van der Waals surface area (Å²) in [6, 6.07) is 4.20. The largest absolute Gasteiger partial charge is 0.327 e. The fourth-order valence-corrected chi connectivity index (χ4v) is 2.53. The molecule has 1 saturated carbocycles. The van der Waals surface area contributed by atoms with Crippen LogP contribution in [-0.2, 0) is 0 Å². The minimum atomic E-state index is -0.791. The van der Waals surface area contributed by atoms with Crippen molar-refractivity contribution in [3.05, 3.63) is 35.4 Å². The highest BCUT2D eigenvalue weighted by atomic mass is 19.2. The first-order valence-corrected chi connectivity index (χ1v) is 5.78. The van der Waals surface area contributed by atoms with Crippen molar-refractivity contribution in [3.8, 4) is 0 Å². The van der Waals surface area contributed by atoms with E-state index in [-0.39, 0.29) is 12.0 Å². The lowest BCUT2D eigenvalue weighted by atomic mass is 9.76. The van der Waals surface area contributed by atoms with Crippen LogP contribution in [0.15, 0.2) is 18.2 Å². The van der Waals surface area contributed by atoms with Crippen molar-refractivity contribution in [1.82, 2.24) is 0 Å². The molecule has 0 amide bonds. The molecule has 2 N–H and O–H groups in total. The van der Waals surface area contributed by atoms with Crippen molar-refractivity contribution in [2.24, 2.45) is 11.7 Å². The Hall–Kier alpha value is -0.960. The zero-order valence-electron chi connectivity index (χ0n) is 9.42. The number of benzene rings is 1. The molecule has 16 heavy (non-hydrogen) atoms. The molecule has 0 bridgehead atoms. The average molecular weight is 225 g/mol. The summed E-state index contributed by atoms with van der Waals surface area (Å²) in [5, 5.41) is 0. The van der Waals surface area contributed by atoms with E-state index in [1.165, 1.54) is 12.1 Å². The molecule has 3 unspecified atom stereocenters. The first kappa shape index (κ1) is 11.5. The molecule has 0 aliphatic heterocycles. The van der Waals surface area contributed by atoms with Gasteiger partial charge in [-0.25, -0.2) is 8.78 Å². The monoisotopic (exact) mass is 225 g/mol. The molecule has 1 aliphatic rings. The molecular weight excluding hydrogens is 208 g/mol. The smallest absolute Gasteiger partial charge is 0.159 e. The molecule has 3 heteroatoms. The SMILES string of the molecule is CC1CCC(N)C(c2ccc(F)c(F)c2)C1. The van der Waals surface area contributed by atoms with Crippen molar-refractivity contribution in [2.75, 3.05) is 0 Å². The summed E-state index contributed by atoms with van der Waals surface area (Å²) in [5.41, 5.74) is 6.88. The fraction of sp³-hybridized carbons (Fsp3) is 0.538. The summed E-state index contributed by atoms with van der Waals surface area (Å²) in [6.45, 7) is 2.18. The van der Waals surface area contributed by atoms with E-state index in [9.17, 15) is 8.78 Å². The Morgan fingerprint density at radius 3 is 2.62 bits per heavy atom. The van der Waals surface area contributed by atoms with Crippen LogP contribution in [0.2, 0.25) is 0 Å². The van der Waals surface area contributed by atoms with Gasteiger partial charge in [0.2, 0.25) is 0 Å². The second-order valence-electron chi connectivity index (χ2n) is 4.86. The normalized spacial score (nSPS) is 30.4. The summed E-state index contributed by atoms with van der Waals surface area (Å²) >= 11 is 0. The van der Waals surface area contributed by atoms with Crippen molar-refractivity contribution < 1.29 is 8.78 Å². The molecule has 0 radical (unpaired) electrons. The minimum Gasteiger partial charge on any atom is -0.327 e. The van der Waals surface area contributed by atoms with Crippen molar-refractivity contribution >= 4 is 0 Å². The van der Waals surface area contributed by atoms with Crippen LogP contribution in [0.3, 0.4) is 0 Å². The van der Waals surface area contributed by atoms with E-state index in [0.717, 1.165) is 24.8 Å². The van der Waals surface area contributed by atoms with E-state index in [1.807, 2.05) is 0 Å². The fourth-order valence-electron chi connectivity index (χ4n) is 2.53. The zero-order valence-corrected chi connectivity index (χ0v) is 9.42. The number of hydrogen-bond donors (Lipinski definition) is 1. The molecule has 1 aromatic carbocycles. The lowest BCUT2D eigenvalue weighted by Gasteiger charge is -2.32. The van der Waals surface area contributed by atoms with Gasteiger partial charge in [0.15, 0.2) is 11.6 Å². The number of halogens is 2. The lowest BCUT2D eigenvalue weighted by Crippen LogP contribution is -2.34. The van der Waals surface area contributed by atoms with Gasteiger partial charge in [0.25, 0.3) is 0 Å². The summed E-state index contributed by atoms with van der Waals surface area (Å²) in [5.74, 6) is -0.791. The third-order valence-electron chi connectivity index (χ3n) is 3.54. The molecule has 0 aromatic heterocycles. The van der Waals surface area contributed by atoms with E-state index in [2.05, 4.69) is 6.92 Å². The van der Waals surface area contributed by atoms with E-state index in [4.69, 9.17) is 5.73 Å². The van der Waals surface area contributed by atoms with Crippen LogP contribution >= 0.6 is 0 Å². The topological polar surface area (TPSA) is 26.0 Å². The average Bonchev–Trinajstić information content (AvgIpc) is 2.26. The van der Waals surface area contributed by atoms with E-state index >= 15 is 0 Å². The van der Waals surface area contributed by atoms with Gasteiger partial charge in [0.1, 0.15) is 0 Å². The second kappa shape index (κ2) is 4.50. The third kappa shape index (κ3) is 2.24. The highest BCUT2D eigenvalue weighted by Gasteiger charge is 2.27. The van der Waals surface area contributed by atoms with Crippen LogP contribution in [0.25, 0.3) is 0 Å². The van der Waals surface area contributed by atoms with Gasteiger partial charge in [0, 0.05) is 6.04 Å². The van der Waals surface area contributed by atoms with E-state index < -0.39 is 11.6 Å². The van der Waals surface area contributed by atoms with Crippen LogP contribution in [0.1, 0.15) is 37.7 Å². The molecule has 88 valence electrons. The Balaban J connectivity index is 2.24. The molecular formula is C13H17F2N. The van der Waals surface area contributed by atoms with E-state index in [1.54, 1.807) is 6.07 Å². The minimum absolute atomic E-state index is 0.0704. The van der Waals surface area contributed by atoms with Crippen molar-refractivity contribution in [3.63, 3.8) is 0 Å². The third-order valence-corrected chi connectivity index (χ3v) is 3.54. The van der Waals surface area contributed by atoms with Gasteiger partial charge in [-0.05, 0) is 48.8 Å². The summed E-state index contributed by atoms with van der Waals surface area (Å²) in [6.07, 6.45) is 3.05. The van der Waals surface area contributed by atoms with Gasteiger partial charge in [-0.15, -0.1) is 0 Å². The molecule has 3 atom stereocenters. The Kier molecular flexibility index (Phi) is 3.24. The Morgan fingerprint density at radius 2 is 1.94 bits per heavy atom. The van der Waals surface area contributed by atoms with Crippen LogP contribution in [0.5, 0.6) is 0 Å². The first-order valence-electron chi connectivity index (χ1n) is 5.78. The summed E-state index contributed by atoms with van der Waals surface area (Å²) < 4.78 is 26.0. The molecule has 2 rings (SSSR count). The molecule has 0 saturated heterocycles. The Bertz CT molecular complexity index is 378. The standard InChI is InChI=1S/C13H17F2N/c1-8-2-5-13(16)10(6-8)9-3-4-11(14)12(15)7-9/h3-4,7-8,10,13H,2,5-6,16H2,1H3. The maximum absolute atomic E-state index is 13.1. The van der Waals surface area contributed by atoms with Crippen LogP contribution < -0.4 is 5.73 Å². The van der Waals surface area contributed by atoms with Crippen LogP contribution in [0, 0.1) is 17.6 Å². The molecule has 0 spiro atoms. The first-order chi connectivity index (χ1) is 7.58. The Labute approximate surface area is 94.7 Å². The molecule has 1 aliphatic carbocycles. The number of rotatable bonds is 1. The van der Waals surface area contributed by atoms with Crippen LogP contribution in [0.4, 0.5) is 8.78 Å². The quantitative estimate of drug-likeness (QED) is 0.780.